The standard InChI is InChI=1S/C31H36N4O5/c1-39-29(37)26-19-27(30(38)40-2)35(31(26,23-14-8-4-9-15-23)24-16-10-5-11-17-24)28(36)21-34-20-25(32-33-34)18-22-12-6-3-7-13-22/h4-5,8-11,14-17,20,22,26-27H,3,6-7,12-13,18-19,21H2,1-2H3/t26-,27+/m0/s1. The molecule has 9 heteroatoms. The van der Waals surface area contributed by atoms with E-state index in [0.29, 0.717) is 17.0 Å². The number of hydrogen-bond acceptors (Lipinski definition) is 7. The monoisotopic (exact) mass is 544 g/mol. The molecule has 1 saturated carbocycles. The van der Waals surface area contributed by atoms with Gasteiger partial charge in [-0.1, -0.05) is 98.0 Å². The molecular weight excluding hydrogens is 508 g/mol. The zero-order valence-corrected chi connectivity index (χ0v) is 23.1. The summed E-state index contributed by atoms with van der Waals surface area (Å²) >= 11 is 0. The number of esters is 2. The lowest BCUT2D eigenvalue weighted by molar-refractivity contribution is -0.156. The van der Waals surface area contributed by atoms with Crippen LogP contribution in [0.2, 0.25) is 0 Å². The Morgan fingerprint density at radius 3 is 2.05 bits per heavy atom. The Labute approximate surface area is 234 Å². The van der Waals surface area contributed by atoms with E-state index in [1.807, 2.05) is 66.9 Å². The summed E-state index contributed by atoms with van der Waals surface area (Å²) in [4.78, 5) is 42.5. The summed E-state index contributed by atoms with van der Waals surface area (Å²) < 4.78 is 11.9. The molecule has 0 radical (unpaired) electrons. The van der Waals surface area contributed by atoms with Gasteiger partial charge in [0.2, 0.25) is 5.91 Å². The second kappa shape index (κ2) is 12.0. The minimum absolute atomic E-state index is 0.0547. The van der Waals surface area contributed by atoms with E-state index in [1.165, 1.54) is 55.9 Å². The molecule has 210 valence electrons. The van der Waals surface area contributed by atoms with E-state index >= 15 is 0 Å². The van der Waals surface area contributed by atoms with Crippen LogP contribution in [-0.4, -0.2) is 58.0 Å². The van der Waals surface area contributed by atoms with Gasteiger partial charge in [0.1, 0.15) is 18.1 Å². The van der Waals surface area contributed by atoms with Gasteiger partial charge in [0.05, 0.1) is 25.8 Å². The van der Waals surface area contributed by atoms with E-state index in [1.54, 1.807) is 0 Å². The highest BCUT2D eigenvalue weighted by Gasteiger charge is 2.62. The van der Waals surface area contributed by atoms with E-state index < -0.39 is 29.4 Å². The van der Waals surface area contributed by atoms with Crippen molar-refractivity contribution in [2.75, 3.05) is 14.2 Å². The number of rotatable bonds is 8. The van der Waals surface area contributed by atoms with Gasteiger partial charge in [0.15, 0.2) is 0 Å². The molecule has 3 aromatic rings. The average Bonchev–Trinajstić information content (AvgIpc) is 3.60. The number of carbonyl (C=O) groups excluding carboxylic acids is 3. The third-order valence-electron chi connectivity index (χ3n) is 8.42. The van der Waals surface area contributed by atoms with Crippen LogP contribution in [0.1, 0.15) is 55.3 Å². The maximum absolute atomic E-state index is 14.3. The second-order valence-corrected chi connectivity index (χ2v) is 10.7. The first kappa shape index (κ1) is 27.6. The van der Waals surface area contributed by atoms with Gasteiger partial charge in [-0.15, -0.1) is 5.10 Å². The van der Waals surface area contributed by atoms with E-state index in [9.17, 15) is 14.4 Å². The molecule has 2 atom stereocenters. The van der Waals surface area contributed by atoms with Gasteiger partial charge in [-0.25, -0.2) is 9.48 Å². The van der Waals surface area contributed by atoms with Crippen LogP contribution >= 0.6 is 0 Å². The van der Waals surface area contributed by atoms with Gasteiger partial charge in [-0.2, -0.15) is 0 Å². The highest BCUT2D eigenvalue weighted by atomic mass is 16.5. The van der Waals surface area contributed by atoms with Crippen molar-refractivity contribution >= 4 is 17.8 Å². The second-order valence-electron chi connectivity index (χ2n) is 10.7. The van der Waals surface area contributed by atoms with Crippen molar-refractivity contribution in [1.82, 2.24) is 19.9 Å². The van der Waals surface area contributed by atoms with Crippen molar-refractivity contribution in [1.29, 1.82) is 0 Å². The lowest BCUT2D eigenvalue weighted by Crippen LogP contribution is -2.55. The SMILES string of the molecule is COC(=O)[C@H]1C[C@@H](C(=O)OC)C(c2ccccc2)(c2ccccc2)N1C(=O)Cn1cc(CC2CCCCC2)nn1. The van der Waals surface area contributed by atoms with Crippen LogP contribution in [0.3, 0.4) is 0 Å². The van der Waals surface area contributed by atoms with Crippen molar-refractivity contribution in [3.8, 4) is 0 Å². The van der Waals surface area contributed by atoms with E-state index in [2.05, 4.69) is 10.3 Å². The van der Waals surface area contributed by atoms with Gasteiger partial charge in [-0.3, -0.25) is 9.59 Å². The quantitative estimate of drug-likeness (QED) is 0.396. The molecule has 40 heavy (non-hydrogen) atoms. The van der Waals surface area contributed by atoms with E-state index in [0.717, 1.165) is 12.1 Å². The molecule has 9 nitrogen and oxygen atoms in total. The van der Waals surface area contributed by atoms with Crippen molar-refractivity contribution in [3.05, 3.63) is 83.7 Å². The predicted octanol–water partition coefficient (Wildman–Crippen LogP) is 3.91. The Morgan fingerprint density at radius 2 is 1.48 bits per heavy atom. The molecule has 0 unspecified atom stereocenters. The van der Waals surface area contributed by atoms with Gasteiger partial charge in [0.25, 0.3) is 0 Å². The molecule has 2 aromatic carbocycles. The molecule has 0 N–H and O–H groups in total. The fraction of sp³-hybridized carbons (Fsp3) is 0.452. The van der Waals surface area contributed by atoms with Crippen molar-refractivity contribution < 1.29 is 23.9 Å². The van der Waals surface area contributed by atoms with Gasteiger partial charge >= 0.3 is 11.9 Å². The van der Waals surface area contributed by atoms with E-state index in [4.69, 9.17) is 9.47 Å². The lowest BCUT2D eigenvalue weighted by atomic mass is 9.73. The molecule has 0 spiro atoms. The van der Waals surface area contributed by atoms with Crippen LogP contribution in [0, 0.1) is 11.8 Å². The van der Waals surface area contributed by atoms with Crippen LogP contribution in [-0.2, 0) is 42.4 Å². The fourth-order valence-electron chi connectivity index (χ4n) is 6.67. The largest absolute Gasteiger partial charge is 0.469 e. The maximum atomic E-state index is 14.3. The lowest BCUT2D eigenvalue weighted by Gasteiger charge is -2.43. The third-order valence-corrected chi connectivity index (χ3v) is 8.42. The molecule has 1 aromatic heterocycles. The number of ether oxygens (including phenoxy) is 2. The molecule has 5 rings (SSSR count). The minimum Gasteiger partial charge on any atom is -0.469 e. The van der Waals surface area contributed by atoms with Crippen LogP contribution in [0.5, 0.6) is 0 Å². The number of likely N-dealkylation sites (tertiary alicyclic amines) is 1. The third kappa shape index (κ3) is 5.12. The Morgan fingerprint density at radius 1 is 0.875 bits per heavy atom. The summed E-state index contributed by atoms with van der Waals surface area (Å²) in [5.41, 5.74) is 0.952. The zero-order chi connectivity index (χ0) is 28.1. The smallest absolute Gasteiger partial charge is 0.328 e. The molecule has 1 amide bonds. The van der Waals surface area contributed by atoms with Gasteiger partial charge in [0, 0.05) is 6.20 Å². The summed E-state index contributed by atoms with van der Waals surface area (Å²) in [6.45, 7) is -0.138. The Kier molecular flexibility index (Phi) is 8.28. The number of benzene rings is 2. The van der Waals surface area contributed by atoms with Crippen LogP contribution in [0.15, 0.2) is 66.9 Å². The Bertz CT molecular complexity index is 1280. The molecule has 1 aliphatic heterocycles. The normalized spacial score (nSPS) is 20.7. The van der Waals surface area contributed by atoms with Crippen LogP contribution in [0.4, 0.5) is 0 Å². The average molecular weight is 545 g/mol. The molecule has 2 heterocycles. The summed E-state index contributed by atoms with van der Waals surface area (Å²) in [5, 5.41) is 8.60. The Hall–Kier alpha value is -4.01. The molecule has 1 saturated heterocycles. The molecule has 2 aliphatic rings. The molecule has 2 fully saturated rings. The first-order valence-corrected chi connectivity index (χ1v) is 14.0. The van der Waals surface area contributed by atoms with Crippen molar-refractivity contribution in [2.24, 2.45) is 11.8 Å². The van der Waals surface area contributed by atoms with Gasteiger partial charge in [-0.05, 0) is 29.9 Å². The minimum atomic E-state index is -1.31. The number of carbonyl (C=O) groups is 3. The number of methoxy groups -OCH3 is 2. The van der Waals surface area contributed by atoms with Crippen molar-refractivity contribution in [2.45, 2.75) is 63.1 Å². The summed E-state index contributed by atoms with van der Waals surface area (Å²) in [7, 11) is 2.61. The highest BCUT2D eigenvalue weighted by Crippen LogP contribution is 2.52. The fourth-order valence-corrected chi connectivity index (χ4v) is 6.67. The number of hydrogen-bond donors (Lipinski definition) is 0. The number of aromatic nitrogens is 3. The number of nitrogens with zero attached hydrogens (tertiary/aromatic N) is 4. The van der Waals surface area contributed by atoms with Gasteiger partial charge < -0.3 is 14.4 Å². The van der Waals surface area contributed by atoms with Crippen LogP contribution in [0.25, 0.3) is 0 Å². The maximum Gasteiger partial charge on any atom is 0.328 e. The Balaban J connectivity index is 1.58. The summed E-state index contributed by atoms with van der Waals surface area (Å²) in [6.07, 6.45) is 8.85. The summed E-state index contributed by atoms with van der Waals surface area (Å²) in [6, 6.07) is 17.7. The number of amides is 1. The zero-order valence-electron chi connectivity index (χ0n) is 23.1. The summed E-state index contributed by atoms with van der Waals surface area (Å²) in [5.74, 6) is -1.74. The molecule has 1 aliphatic carbocycles. The molecular formula is C31H36N4O5. The first-order chi connectivity index (χ1) is 19.5. The predicted molar refractivity (Wildman–Crippen MR) is 147 cm³/mol. The van der Waals surface area contributed by atoms with Crippen molar-refractivity contribution in [3.63, 3.8) is 0 Å². The van der Waals surface area contributed by atoms with Crippen LogP contribution < -0.4 is 0 Å². The first-order valence-electron chi connectivity index (χ1n) is 14.0. The topological polar surface area (TPSA) is 104 Å². The van der Waals surface area contributed by atoms with E-state index in [-0.39, 0.29) is 18.9 Å². The highest BCUT2D eigenvalue weighted by molar-refractivity contribution is 5.90. The molecule has 0 bridgehead atoms.